The van der Waals surface area contributed by atoms with Crippen LogP contribution >= 0.6 is 12.2 Å². The molecule has 1 rings (SSSR count). The lowest BCUT2D eigenvalue weighted by molar-refractivity contribution is 0.411. The van der Waals surface area contributed by atoms with Crippen molar-refractivity contribution < 1.29 is 4.52 Å². The predicted octanol–water partition coefficient (Wildman–Crippen LogP) is 1.44. The van der Waals surface area contributed by atoms with Gasteiger partial charge in [0.1, 0.15) is 12.0 Å². The summed E-state index contributed by atoms with van der Waals surface area (Å²) in [7, 11) is 0. The Bertz CT molecular complexity index is 261. The molecule has 0 aliphatic heterocycles. The molecule has 1 heterocycles. The standard InChI is InChI=1S/C9H15N3OS/c1-2-3-5-10-9(14)11-7-8-4-6-13-12-8/h4,6H,2-3,5,7H2,1H3,(H2,10,11,14). The van der Waals surface area contributed by atoms with Crippen LogP contribution in [0.2, 0.25) is 0 Å². The Morgan fingerprint density at radius 2 is 2.43 bits per heavy atom. The van der Waals surface area contributed by atoms with Gasteiger partial charge in [-0.3, -0.25) is 0 Å². The molecular formula is C9H15N3OS. The molecule has 2 N–H and O–H groups in total. The van der Waals surface area contributed by atoms with Crippen LogP contribution in [0, 0.1) is 0 Å². The second-order valence-electron chi connectivity index (χ2n) is 2.95. The van der Waals surface area contributed by atoms with Crippen LogP contribution in [0.4, 0.5) is 0 Å². The maximum absolute atomic E-state index is 5.06. The first kappa shape index (κ1) is 11.0. The van der Waals surface area contributed by atoms with Gasteiger partial charge in [-0.25, -0.2) is 0 Å². The zero-order valence-corrected chi connectivity index (χ0v) is 9.06. The van der Waals surface area contributed by atoms with Crippen molar-refractivity contribution in [1.82, 2.24) is 15.8 Å². The van der Waals surface area contributed by atoms with Crippen LogP contribution in [0.5, 0.6) is 0 Å². The van der Waals surface area contributed by atoms with E-state index in [0.717, 1.165) is 18.7 Å². The van der Waals surface area contributed by atoms with Crippen LogP contribution < -0.4 is 10.6 Å². The van der Waals surface area contributed by atoms with Gasteiger partial charge >= 0.3 is 0 Å². The summed E-state index contributed by atoms with van der Waals surface area (Å²) in [5.41, 5.74) is 0.852. The molecular weight excluding hydrogens is 198 g/mol. The Balaban J connectivity index is 2.09. The fraction of sp³-hybridized carbons (Fsp3) is 0.556. The first-order chi connectivity index (χ1) is 6.83. The number of aromatic nitrogens is 1. The molecule has 4 nitrogen and oxygen atoms in total. The summed E-state index contributed by atoms with van der Waals surface area (Å²) < 4.78 is 4.69. The molecule has 14 heavy (non-hydrogen) atoms. The molecule has 0 aliphatic carbocycles. The average Bonchev–Trinajstić information content (AvgIpc) is 2.68. The Morgan fingerprint density at radius 3 is 3.07 bits per heavy atom. The van der Waals surface area contributed by atoms with Crippen LogP contribution in [0.25, 0.3) is 0 Å². The highest BCUT2D eigenvalue weighted by Crippen LogP contribution is 1.92. The quantitative estimate of drug-likeness (QED) is 0.572. The van der Waals surface area contributed by atoms with Crippen LogP contribution in [-0.2, 0) is 6.54 Å². The number of nitrogens with one attached hydrogen (secondary N) is 2. The number of hydrogen-bond donors (Lipinski definition) is 2. The van der Waals surface area contributed by atoms with Gasteiger partial charge in [-0.2, -0.15) is 0 Å². The summed E-state index contributed by atoms with van der Waals surface area (Å²) in [5.74, 6) is 0. The molecule has 0 atom stereocenters. The predicted molar refractivity (Wildman–Crippen MR) is 58.9 cm³/mol. The van der Waals surface area contributed by atoms with E-state index in [-0.39, 0.29) is 0 Å². The second kappa shape index (κ2) is 6.37. The van der Waals surface area contributed by atoms with Crippen molar-refractivity contribution >= 4 is 17.3 Å². The molecule has 0 bridgehead atoms. The smallest absolute Gasteiger partial charge is 0.166 e. The fourth-order valence-corrected chi connectivity index (χ4v) is 1.11. The lowest BCUT2D eigenvalue weighted by atomic mass is 10.3. The summed E-state index contributed by atoms with van der Waals surface area (Å²) in [6.07, 6.45) is 3.84. The molecule has 1 aromatic rings. The third-order valence-corrected chi connectivity index (χ3v) is 2.03. The molecule has 78 valence electrons. The summed E-state index contributed by atoms with van der Waals surface area (Å²) in [6, 6.07) is 1.81. The van der Waals surface area contributed by atoms with Crippen molar-refractivity contribution in [3.63, 3.8) is 0 Å². The van der Waals surface area contributed by atoms with E-state index in [9.17, 15) is 0 Å². The monoisotopic (exact) mass is 213 g/mol. The molecule has 0 spiro atoms. The van der Waals surface area contributed by atoms with Crippen LogP contribution in [-0.4, -0.2) is 16.8 Å². The molecule has 0 saturated heterocycles. The van der Waals surface area contributed by atoms with E-state index in [1.165, 1.54) is 6.42 Å². The molecule has 0 unspecified atom stereocenters. The van der Waals surface area contributed by atoms with Gasteiger partial charge in [0.05, 0.1) is 6.54 Å². The van der Waals surface area contributed by atoms with E-state index in [0.29, 0.717) is 11.7 Å². The van der Waals surface area contributed by atoms with E-state index >= 15 is 0 Å². The van der Waals surface area contributed by atoms with Gasteiger partial charge in [-0.05, 0) is 18.6 Å². The molecule has 0 radical (unpaired) electrons. The zero-order valence-electron chi connectivity index (χ0n) is 8.25. The molecule has 0 fully saturated rings. The van der Waals surface area contributed by atoms with Gasteiger partial charge in [-0.15, -0.1) is 0 Å². The van der Waals surface area contributed by atoms with E-state index in [2.05, 4.69) is 22.7 Å². The van der Waals surface area contributed by atoms with Gasteiger partial charge in [-0.1, -0.05) is 18.5 Å². The Hall–Kier alpha value is -1.10. The molecule has 0 amide bonds. The highest BCUT2D eigenvalue weighted by atomic mass is 32.1. The summed E-state index contributed by atoms with van der Waals surface area (Å²) >= 11 is 5.06. The molecule has 0 saturated carbocycles. The number of hydrogen-bond acceptors (Lipinski definition) is 3. The fourth-order valence-electron chi connectivity index (χ4n) is 0.941. The van der Waals surface area contributed by atoms with E-state index in [1.54, 1.807) is 6.26 Å². The van der Waals surface area contributed by atoms with Gasteiger partial charge < -0.3 is 15.2 Å². The first-order valence-corrected chi connectivity index (χ1v) is 5.14. The SMILES string of the molecule is CCCCNC(=S)NCc1ccon1. The second-order valence-corrected chi connectivity index (χ2v) is 3.36. The minimum absolute atomic E-state index is 0.606. The molecule has 5 heteroatoms. The van der Waals surface area contributed by atoms with Gasteiger partial charge in [0.2, 0.25) is 0 Å². The number of unbranched alkanes of at least 4 members (excludes halogenated alkanes) is 1. The Kier molecular flexibility index (Phi) is 4.99. The van der Waals surface area contributed by atoms with Crippen molar-refractivity contribution in [2.45, 2.75) is 26.3 Å². The van der Waals surface area contributed by atoms with Crippen molar-refractivity contribution in [3.8, 4) is 0 Å². The van der Waals surface area contributed by atoms with Gasteiger partial charge in [0.15, 0.2) is 5.11 Å². The minimum Gasteiger partial charge on any atom is -0.364 e. The molecule has 0 aliphatic rings. The maximum Gasteiger partial charge on any atom is 0.166 e. The van der Waals surface area contributed by atoms with Crippen LogP contribution in [0.3, 0.4) is 0 Å². The summed E-state index contributed by atoms with van der Waals surface area (Å²) in [6.45, 7) is 3.67. The number of rotatable bonds is 5. The van der Waals surface area contributed by atoms with E-state index < -0.39 is 0 Å². The largest absolute Gasteiger partial charge is 0.364 e. The van der Waals surface area contributed by atoms with Gasteiger partial charge in [0.25, 0.3) is 0 Å². The average molecular weight is 213 g/mol. The highest BCUT2D eigenvalue weighted by molar-refractivity contribution is 7.80. The van der Waals surface area contributed by atoms with Crippen LogP contribution in [0.1, 0.15) is 25.5 Å². The molecule has 0 aromatic carbocycles. The summed E-state index contributed by atoms with van der Waals surface area (Å²) in [4.78, 5) is 0. The molecule has 1 aromatic heterocycles. The normalized spacial score (nSPS) is 9.79. The Labute approximate surface area is 89.0 Å². The minimum atomic E-state index is 0.606. The van der Waals surface area contributed by atoms with E-state index in [4.69, 9.17) is 16.7 Å². The highest BCUT2D eigenvalue weighted by Gasteiger charge is 1.97. The lowest BCUT2D eigenvalue weighted by Crippen LogP contribution is -2.35. The van der Waals surface area contributed by atoms with Crippen LogP contribution in [0.15, 0.2) is 16.9 Å². The maximum atomic E-state index is 5.06. The lowest BCUT2D eigenvalue weighted by Gasteiger charge is -2.07. The first-order valence-electron chi connectivity index (χ1n) is 4.74. The topological polar surface area (TPSA) is 50.1 Å². The zero-order chi connectivity index (χ0) is 10.2. The van der Waals surface area contributed by atoms with Crippen molar-refractivity contribution in [1.29, 1.82) is 0 Å². The Morgan fingerprint density at radius 1 is 1.57 bits per heavy atom. The van der Waals surface area contributed by atoms with Crippen molar-refractivity contribution in [2.75, 3.05) is 6.54 Å². The third kappa shape index (κ3) is 4.23. The number of thiocarbonyl (C=S) groups is 1. The van der Waals surface area contributed by atoms with Crippen molar-refractivity contribution in [3.05, 3.63) is 18.0 Å². The third-order valence-electron chi connectivity index (χ3n) is 1.74. The van der Waals surface area contributed by atoms with Gasteiger partial charge in [0, 0.05) is 12.6 Å². The van der Waals surface area contributed by atoms with Crippen molar-refractivity contribution in [2.24, 2.45) is 0 Å². The summed E-state index contributed by atoms with van der Waals surface area (Å²) in [5, 5.41) is 10.6. The number of nitrogens with zero attached hydrogens (tertiary/aromatic N) is 1. The van der Waals surface area contributed by atoms with E-state index in [1.807, 2.05) is 6.07 Å².